The SMILES string of the molecule is CC.CC(C)(C)OC=O.CCC1CN(C)C1. The van der Waals surface area contributed by atoms with Gasteiger partial charge in [-0.05, 0) is 33.7 Å². The standard InChI is InChI=1S/C6H13N.C5H10O2.C2H6/c1-3-6-4-7(2)5-6;1-5(2,3)7-4-6;1-2/h6H,3-5H2,1-2H3;4H,1-3H3;1-2H3. The number of likely N-dealkylation sites (tertiary alicyclic amines) is 1. The van der Waals surface area contributed by atoms with E-state index in [1.807, 2.05) is 34.6 Å². The van der Waals surface area contributed by atoms with Crippen LogP contribution in [-0.2, 0) is 9.53 Å². The molecule has 0 N–H and O–H groups in total. The summed E-state index contributed by atoms with van der Waals surface area (Å²) in [5.41, 5.74) is -0.318. The average molecular weight is 231 g/mol. The smallest absolute Gasteiger partial charge is 0.293 e. The summed E-state index contributed by atoms with van der Waals surface area (Å²) in [6.45, 7) is 14.8. The zero-order valence-electron chi connectivity index (χ0n) is 12.0. The Morgan fingerprint density at radius 2 is 1.75 bits per heavy atom. The molecule has 0 aromatic rings. The third-order valence-corrected chi connectivity index (χ3v) is 2.12. The number of hydrogen-bond donors (Lipinski definition) is 0. The Morgan fingerprint density at radius 1 is 1.31 bits per heavy atom. The van der Waals surface area contributed by atoms with Crippen LogP contribution in [0.2, 0.25) is 0 Å². The molecule has 1 rings (SSSR count). The highest BCUT2D eigenvalue weighted by Gasteiger charge is 2.19. The van der Waals surface area contributed by atoms with Crippen molar-refractivity contribution < 1.29 is 9.53 Å². The van der Waals surface area contributed by atoms with Crippen molar-refractivity contribution in [1.82, 2.24) is 4.90 Å². The number of ether oxygens (including phenoxy) is 1. The lowest BCUT2D eigenvalue weighted by molar-refractivity contribution is -0.138. The summed E-state index contributed by atoms with van der Waals surface area (Å²) in [4.78, 5) is 12.0. The number of carbonyl (C=O) groups is 1. The van der Waals surface area contributed by atoms with Crippen molar-refractivity contribution in [3.8, 4) is 0 Å². The van der Waals surface area contributed by atoms with Gasteiger partial charge in [-0.1, -0.05) is 27.2 Å². The second-order valence-corrected chi connectivity index (χ2v) is 4.82. The summed E-state index contributed by atoms with van der Waals surface area (Å²) in [6, 6.07) is 0. The maximum Gasteiger partial charge on any atom is 0.293 e. The molecule has 0 radical (unpaired) electrons. The molecule has 16 heavy (non-hydrogen) atoms. The molecule has 0 bridgehead atoms. The molecule has 1 fully saturated rings. The molecule has 98 valence electrons. The monoisotopic (exact) mass is 231 g/mol. The largest absolute Gasteiger partial charge is 0.462 e. The van der Waals surface area contributed by atoms with E-state index in [2.05, 4.69) is 23.6 Å². The van der Waals surface area contributed by atoms with Gasteiger partial charge in [0.2, 0.25) is 0 Å². The van der Waals surface area contributed by atoms with Crippen LogP contribution in [0.4, 0.5) is 0 Å². The molecule has 1 heterocycles. The molecule has 0 atom stereocenters. The van der Waals surface area contributed by atoms with E-state index in [9.17, 15) is 4.79 Å². The van der Waals surface area contributed by atoms with Gasteiger partial charge in [-0.25, -0.2) is 0 Å². The Hall–Kier alpha value is -0.570. The minimum atomic E-state index is -0.318. The molecule has 0 aliphatic carbocycles. The van der Waals surface area contributed by atoms with E-state index < -0.39 is 0 Å². The quantitative estimate of drug-likeness (QED) is 0.684. The van der Waals surface area contributed by atoms with Crippen molar-refractivity contribution in [3.63, 3.8) is 0 Å². The highest BCUT2D eigenvalue weighted by molar-refractivity contribution is 5.37. The second kappa shape index (κ2) is 9.64. The predicted octanol–water partition coefficient (Wildman–Crippen LogP) is 2.94. The third kappa shape index (κ3) is 11.5. The Balaban J connectivity index is 0. The summed E-state index contributed by atoms with van der Waals surface area (Å²) < 4.78 is 4.55. The van der Waals surface area contributed by atoms with Gasteiger partial charge < -0.3 is 9.64 Å². The van der Waals surface area contributed by atoms with Crippen molar-refractivity contribution in [2.75, 3.05) is 20.1 Å². The van der Waals surface area contributed by atoms with Gasteiger partial charge in [0.25, 0.3) is 6.47 Å². The fraction of sp³-hybridized carbons (Fsp3) is 0.923. The van der Waals surface area contributed by atoms with Crippen LogP contribution in [0.5, 0.6) is 0 Å². The van der Waals surface area contributed by atoms with Crippen LogP contribution >= 0.6 is 0 Å². The lowest BCUT2D eigenvalue weighted by Crippen LogP contribution is -2.42. The molecule has 0 spiro atoms. The van der Waals surface area contributed by atoms with Gasteiger partial charge in [0.05, 0.1) is 0 Å². The Kier molecular flexibility index (Phi) is 10.7. The molecule has 0 saturated carbocycles. The highest BCUT2D eigenvalue weighted by Crippen LogP contribution is 2.14. The lowest BCUT2D eigenvalue weighted by atomic mass is 9.99. The minimum absolute atomic E-state index is 0.318. The Labute approximate surface area is 101 Å². The first kappa shape index (κ1) is 17.8. The topological polar surface area (TPSA) is 29.5 Å². The molecular weight excluding hydrogens is 202 g/mol. The van der Waals surface area contributed by atoms with Crippen LogP contribution in [0.15, 0.2) is 0 Å². The lowest BCUT2D eigenvalue weighted by Gasteiger charge is -2.35. The van der Waals surface area contributed by atoms with Crippen LogP contribution in [0.25, 0.3) is 0 Å². The van der Waals surface area contributed by atoms with Crippen molar-refractivity contribution in [2.45, 2.75) is 53.6 Å². The van der Waals surface area contributed by atoms with Crippen LogP contribution in [0.1, 0.15) is 48.0 Å². The summed E-state index contributed by atoms with van der Waals surface area (Å²) in [5, 5.41) is 0. The van der Waals surface area contributed by atoms with Gasteiger partial charge in [0.1, 0.15) is 5.60 Å². The first-order valence-corrected chi connectivity index (χ1v) is 6.19. The number of nitrogens with zero attached hydrogens (tertiary/aromatic N) is 1. The van der Waals surface area contributed by atoms with Gasteiger partial charge in [-0.3, -0.25) is 4.79 Å². The van der Waals surface area contributed by atoms with E-state index in [1.165, 1.54) is 19.5 Å². The summed E-state index contributed by atoms with van der Waals surface area (Å²) in [5.74, 6) is 1.02. The predicted molar refractivity (Wildman–Crippen MR) is 69.5 cm³/mol. The van der Waals surface area contributed by atoms with Gasteiger partial charge >= 0.3 is 0 Å². The number of carbonyl (C=O) groups excluding carboxylic acids is 1. The van der Waals surface area contributed by atoms with E-state index in [1.54, 1.807) is 0 Å². The van der Waals surface area contributed by atoms with Crippen molar-refractivity contribution >= 4 is 6.47 Å². The summed E-state index contributed by atoms with van der Waals surface area (Å²) in [7, 11) is 2.17. The summed E-state index contributed by atoms with van der Waals surface area (Å²) in [6.07, 6.45) is 1.37. The fourth-order valence-electron chi connectivity index (χ4n) is 1.23. The molecule has 3 heteroatoms. The third-order valence-electron chi connectivity index (χ3n) is 2.12. The Morgan fingerprint density at radius 3 is 1.81 bits per heavy atom. The van der Waals surface area contributed by atoms with E-state index in [0.717, 1.165) is 5.92 Å². The first-order chi connectivity index (χ1) is 7.39. The first-order valence-electron chi connectivity index (χ1n) is 6.19. The van der Waals surface area contributed by atoms with E-state index in [-0.39, 0.29) is 5.60 Å². The van der Waals surface area contributed by atoms with E-state index in [0.29, 0.717) is 6.47 Å². The minimum Gasteiger partial charge on any atom is -0.462 e. The maximum absolute atomic E-state index is 9.60. The molecule has 1 saturated heterocycles. The van der Waals surface area contributed by atoms with Gasteiger partial charge in [-0.15, -0.1) is 0 Å². The van der Waals surface area contributed by atoms with E-state index >= 15 is 0 Å². The van der Waals surface area contributed by atoms with Crippen molar-refractivity contribution in [2.24, 2.45) is 5.92 Å². The average Bonchev–Trinajstić information content (AvgIpc) is 2.15. The maximum atomic E-state index is 9.60. The highest BCUT2D eigenvalue weighted by atomic mass is 16.5. The van der Waals surface area contributed by atoms with Crippen molar-refractivity contribution in [1.29, 1.82) is 0 Å². The molecule has 0 aromatic carbocycles. The zero-order valence-corrected chi connectivity index (χ0v) is 12.0. The van der Waals surface area contributed by atoms with Crippen LogP contribution in [0.3, 0.4) is 0 Å². The molecule has 1 aliphatic rings. The zero-order chi connectivity index (χ0) is 13.2. The van der Waals surface area contributed by atoms with Gasteiger partial charge in [0.15, 0.2) is 0 Å². The van der Waals surface area contributed by atoms with Gasteiger partial charge in [0, 0.05) is 13.1 Å². The second-order valence-electron chi connectivity index (χ2n) is 4.82. The number of hydrogen-bond acceptors (Lipinski definition) is 3. The van der Waals surface area contributed by atoms with Crippen molar-refractivity contribution in [3.05, 3.63) is 0 Å². The van der Waals surface area contributed by atoms with Crippen LogP contribution in [0, 0.1) is 5.92 Å². The van der Waals surface area contributed by atoms with E-state index in [4.69, 9.17) is 0 Å². The Bertz CT molecular complexity index is 158. The van der Waals surface area contributed by atoms with Gasteiger partial charge in [-0.2, -0.15) is 0 Å². The van der Waals surface area contributed by atoms with Crippen LogP contribution in [-0.4, -0.2) is 37.1 Å². The molecule has 1 aliphatic heterocycles. The normalized spacial score (nSPS) is 15.9. The molecule has 3 nitrogen and oxygen atoms in total. The number of rotatable bonds is 2. The summed E-state index contributed by atoms with van der Waals surface area (Å²) >= 11 is 0. The molecular formula is C13H29NO2. The fourth-order valence-corrected chi connectivity index (χ4v) is 1.23. The molecule has 0 unspecified atom stereocenters. The van der Waals surface area contributed by atoms with Crippen LogP contribution < -0.4 is 0 Å². The molecule has 0 aromatic heterocycles. The molecule has 0 amide bonds.